The molecule has 3 aromatic carbocycles. The van der Waals surface area contributed by atoms with Crippen molar-refractivity contribution in [1.82, 2.24) is 0 Å². The lowest BCUT2D eigenvalue weighted by Crippen LogP contribution is -1.95. The fraction of sp³-hybridized carbons (Fsp3) is 0.158. The molecule has 0 aliphatic heterocycles. The van der Waals surface area contributed by atoms with Crippen molar-refractivity contribution in [3.8, 4) is 28.4 Å². The fourth-order valence-electron chi connectivity index (χ4n) is 3.10. The van der Waals surface area contributed by atoms with Crippen LogP contribution in [-0.4, -0.2) is 17.3 Å². The van der Waals surface area contributed by atoms with E-state index in [0.29, 0.717) is 11.1 Å². The quantitative estimate of drug-likeness (QED) is 0.729. The van der Waals surface area contributed by atoms with Crippen molar-refractivity contribution in [3.63, 3.8) is 0 Å². The van der Waals surface area contributed by atoms with Crippen molar-refractivity contribution in [1.29, 1.82) is 0 Å². The maximum absolute atomic E-state index is 10.5. The highest BCUT2D eigenvalue weighted by Crippen LogP contribution is 2.45. The Hall–Kier alpha value is -2.68. The fourth-order valence-corrected chi connectivity index (χ4v) is 3.10. The molecule has 0 fully saturated rings. The molecule has 0 aromatic heterocycles. The van der Waals surface area contributed by atoms with Gasteiger partial charge in [0, 0.05) is 16.7 Å². The number of aromatic hydroxyl groups is 2. The zero-order valence-corrected chi connectivity index (χ0v) is 12.8. The van der Waals surface area contributed by atoms with Crippen molar-refractivity contribution >= 4 is 10.8 Å². The van der Waals surface area contributed by atoms with Crippen LogP contribution in [0.4, 0.5) is 0 Å². The molecule has 0 saturated heterocycles. The number of benzene rings is 3. The second-order valence-electron chi connectivity index (χ2n) is 5.43. The second-order valence-corrected chi connectivity index (χ2v) is 5.43. The third-order valence-electron chi connectivity index (χ3n) is 4.04. The van der Waals surface area contributed by atoms with Gasteiger partial charge in [0.25, 0.3) is 0 Å². The van der Waals surface area contributed by atoms with Gasteiger partial charge >= 0.3 is 0 Å². The number of phenolic OH excluding ortho intramolecular Hbond substituents is 2. The van der Waals surface area contributed by atoms with E-state index in [1.165, 1.54) is 0 Å². The Morgan fingerprint density at radius 1 is 0.864 bits per heavy atom. The first-order valence-electron chi connectivity index (χ1n) is 7.12. The van der Waals surface area contributed by atoms with E-state index in [9.17, 15) is 10.2 Å². The highest BCUT2D eigenvalue weighted by Gasteiger charge is 2.19. The summed E-state index contributed by atoms with van der Waals surface area (Å²) in [4.78, 5) is 0. The third-order valence-corrected chi connectivity index (χ3v) is 4.04. The molecule has 0 spiro atoms. The van der Waals surface area contributed by atoms with E-state index in [1.807, 2.05) is 44.2 Å². The summed E-state index contributed by atoms with van der Waals surface area (Å²) in [6.07, 6.45) is 0. The highest BCUT2D eigenvalue weighted by molar-refractivity contribution is 6.02. The van der Waals surface area contributed by atoms with Crippen LogP contribution in [-0.2, 0) is 0 Å². The van der Waals surface area contributed by atoms with Gasteiger partial charge in [0.15, 0.2) is 0 Å². The smallest absolute Gasteiger partial charge is 0.125 e. The Labute approximate surface area is 129 Å². The zero-order valence-electron chi connectivity index (χ0n) is 12.8. The number of rotatable bonds is 2. The molecular formula is C19H18O3. The summed E-state index contributed by atoms with van der Waals surface area (Å²) < 4.78 is 5.45. The van der Waals surface area contributed by atoms with E-state index in [-0.39, 0.29) is 11.5 Å². The lowest BCUT2D eigenvalue weighted by Gasteiger charge is -2.17. The third kappa shape index (κ3) is 2.06. The molecule has 3 aromatic rings. The Morgan fingerprint density at radius 2 is 1.59 bits per heavy atom. The van der Waals surface area contributed by atoms with E-state index in [4.69, 9.17) is 4.74 Å². The van der Waals surface area contributed by atoms with E-state index in [1.54, 1.807) is 19.2 Å². The maximum atomic E-state index is 10.5. The minimum atomic E-state index is 0.141. The van der Waals surface area contributed by atoms with Crippen LogP contribution in [0.1, 0.15) is 11.1 Å². The van der Waals surface area contributed by atoms with Crippen LogP contribution in [0.25, 0.3) is 21.9 Å². The molecule has 0 aliphatic carbocycles. The monoisotopic (exact) mass is 294 g/mol. The van der Waals surface area contributed by atoms with Gasteiger partial charge in [-0.25, -0.2) is 0 Å². The Bertz CT molecular complexity index is 866. The summed E-state index contributed by atoms with van der Waals surface area (Å²) in [5, 5.41) is 22.8. The Balaban J connectivity index is 2.45. The summed E-state index contributed by atoms with van der Waals surface area (Å²) in [5.41, 5.74) is 2.91. The van der Waals surface area contributed by atoms with Gasteiger partial charge in [0.05, 0.1) is 7.11 Å². The molecule has 0 atom stereocenters. The van der Waals surface area contributed by atoms with Crippen molar-refractivity contribution in [2.45, 2.75) is 13.8 Å². The molecule has 22 heavy (non-hydrogen) atoms. The van der Waals surface area contributed by atoms with Crippen LogP contribution < -0.4 is 4.74 Å². The number of hydrogen-bond donors (Lipinski definition) is 2. The van der Waals surface area contributed by atoms with Gasteiger partial charge in [-0.2, -0.15) is 0 Å². The minimum absolute atomic E-state index is 0.141. The van der Waals surface area contributed by atoms with Gasteiger partial charge in [-0.15, -0.1) is 0 Å². The molecule has 3 heteroatoms. The standard InChI is InChI=1S/C19H18O3/c1-11-10-16(21)17(12(2)19(11)22-3)18-14-7-5-4-6-13(14)8-9-15(18)20/h4-10,20-21H,1-3H3. The average Bonchev–Trinajstić information content (AvgIpc) is 2.49. The number of aryl methyl sites for hydroxylation is 1. The largest absolute Gasteiger partial charge is 0.507 e. The number of fused-ring (bicyclic) bond motifs is 1. The maximum Gasteiger partial charge on any atom is 0.125 e. The van der Waals surface area contributed by atoms with Crippen molar-refractivity contribution < 1.29 is 14.9 Å². The molecule has 3 nitrogen and oxygen atoms in total. The van der Waals surface area contributed by atoms with Gasteiger partial charge in [-0.05, 0) is 42.3 Å². The van der Waals surface area contributed by atoms with Gasteiger partial charge < -0.3 is 14.9 Å². The van der Waals surface area contributed by atoms with Gasteiger partial charge in [0.2, 0.25) is 0 Å². The first-order valence-corrected chi connectivity index (χ1v) is 7.12. The first kappa shape index (κ1) is 14.3. The lowest BCUT2D eigenvalue weighted by atomic mass is 9.91. The van der Waals surface area contributed by atoms with Crippen LogP contribution in [0.5, 0.6) is 17.2 Å². The summed E-state index contributed by atoms with van der Waals surface area (Å²) in [6.45, 7) is 3.78. The SMILES string of the molecule is COc1c(C)cc(O)c(-c2c(O)ccc3ccccc23)c1C. The molecule has 0 radical (unpaired) electrons. The summed E-state index contributed by atoms with van der Waals surface area (Å²) in [6, 6.07) is 13.0. The zero-order chi connectivity index (χ0) is 15.9. The van der Waals surface area contributed by atoms with E-state index in [0.717, 1.165) is 27.6 Å². The average molecular weight is 294 g/mol. The molecule has 0 unspecified atom stereocenters. The second kappa shape index (κ2) is 5.26. The summed E-state index contributed by atoms with van der Waals surface area (Å²) in [5.74, 6) is 1.01. The topological polar surface area (TPSA) is 49.7 Å². The summed E-state index contributed by atoms with van der Waals surface area (Å²) in [7, 11) is 1.61. The van der Waals surface area contributed by atoms with Crippen molar-refractivity contribution in [3.05, 3.63) is 53.6 Å². The Kier molecular flexibility index (Phi) is 3.41. The van der Waals surface area contributed by atoms with Crippen LogP contribution in [0.2, 0.25) is 0 Å². The van der Waals surface area contributed by atoms with Crippen LogP contribution in [0.3, 0.4) is 0 Å². The van der Waals surface area contributed by atoms with Crippen LogP contribution in [0, 0.1) is 13.8 Å². The first-order chi connectivity index (χ1) is 10.5. The number of methoxy groups -OCH3 is 1. The molecule has 0 amide bonds. The van der Waals surface area contributed by atoms with Gasteiger partial charge in [0.1, 0.15) is 17.2 Å². The lowest BCUT2D eigenvalue weighted by molar-refractivity contribution is 0.406. The van der Waals surface area contributed by atoms with Gasteiger partial charge in [-0.1, -0.05) is 30.3 Å². The summed E-state index contributed by atoms with van der Waals surface area (Å²) >= 11 is 0. The molecular weight excluding hydrogens is 276 g/mol. The van der Waals surface area contributed by atoms with E-state index in [2.05, 4.69) is 0 Å². The van der Waals surface area contributed by atoms with Crippen LogP contribution >= 0.6 is 0 Å². The number of phenols is 2. The van der Waals surface area contributed by atoms with Crippen molar-refractivity contribution in [2.24, 2.45) is 0 Å². The Morgan fingerprint density at radius 3 is 2.32 bits per heavy atom. The van der Waals surface area contributed by atoms with E-state index < -0.39 is 0 Å². The highest BCUT2D eigenvalue weighted by atomic mass is 16.5. The normalized spacial score (nSPS) is 10.9. The molecule has 0 bridgehead atoms. The number of hydrogen-bond acceptors (Lipinski definition) is 3. The predicted octanol–water partition coefficient (Wildman–Crippen LogP) is 4.54. The van der Waals surface area contributed by atoms with Crippen molar-refractivity contribution in [2.75, 3.05) is 7.11 Å². The number of ether oxygens (including phenoxy) is 1. The molecule has 2 N–H and O–H groups in total. The minimum Gasteiger partial charge on any atom is -0.507 e. The van der Waals surface area contributed by atoms with Gasteiger partial charge in [-0.3, -0.25) is 0 Å². The molecule has 3 rings (SSSR count). The van der Waals surface area contributed by atoms with Crippen LogP contribution in [0.15, 0.2) is 42.5 Å². The molecule has 112 valence electrons. The molecule has 0 aliphatic rings. The van der Waals surface area contributed by atoms with E-state index >= 15 is 0 Å². The predicted molar refractivity (Wildman–Crippen MR) is 88.7 cm³/mol. The molecule has 0 heterocycles. The molecule has 0 saturated carbocycles.